The van der Waals surface area contributed by atoms with Gasteiger partial charge in [-0.3, -0.25) is 9.52 Å². The van der Waals surface area contributed by atoms with Gasteiger partial charge in [0.2, 0.25) is 5.91 Å². The van der Waals surface area contributed by atoms with E-state index in [-0.39, 0.29) is 28.3 Å². The fourth-order valence-corrected chi connectivity index (χ4v) is 7.22. The molecule has 2 heterocycles. The van der Waals surface area contributed by atoms with Crippen LogP contribution in [0.25, 0.3) is 11.1 Å². The Morgan fingerprint density at radius 3 is 2.45 bits per heavy atom. The van der Waals surface area contributed by atoms with Gasteiger partial charge in [0, 0.05) is 29.0 Å². The molecule has 1 atom stereocenters. The van der Waals surface area contributed by atoms with E-state index in [0.717, 1.165) is 40.8 Å². The number of thiophene rings is 1. The Kier molecular flexibility index (Phi) is 11.7. The average Bonchev–Trinajstić information content (AvgIpc) is 3.47. The van der Waals surface area contributed by atoms with Crippen LogP contribution in [-0.4, -0.2) is 43.2 Å². The zero-order valence-corrected chi connectivity index (χ0v) is 26.7. The Bertz CT molecular complexity index is 1490. The molecule has 3 aromatic rings. The molecule has 0 aliphatic carbocycles. The van der Waals surface area contributed by atoms with Gasteiger partial charge in [-0.1, -0.05) is 43.6 Å². The predicted molar refractivity (Wildman–Crippen MR) is 163 cm³/mol. The maximum Gasteiger partial charge on any atom is 0.326 e. The van der Waals surface area contributed by atoms with Gasteiger partial charge < -0.3 is 19.7 Å². The van der Waals surface area contributed by atoms with Crippen LogP contribution in [-0.2, 0) is 37.4 Å². The van der Waals surface area contributed by atoms with E-state index in [0.29, 0.717) is 36.5 Å². The molecule has 0 aliphatic heterocycles. The van der Waals surface area contributed by atoms with Crippen molar-refractivity contribution in [3.05, 3.63) is 51.6 Å². The number of sulfonamides is 1. The first kappa shape index (κ1) is 33.3. The summed E-state index contributed by atoms with van der Waals surface area (Å²) in [7, 11) is -3.93. The van der Waals surface area contributed by atoms with Crippen LogP contribution < -0.4 is 10.0 Å². The van der Waals surface area contributed by atoms with E-state index in [1.54, 1.807) is 27.7 Å². The summed E-state index contributed by atoms with van der Waals surface area (Å²) in [4.78, 5) is 24.4. The molecule has 0 saturated carbocycles. The number of carbonyl (C=O) groups is 2. The minimum atomic E-state index is -3.93. The van der Waals surface area contributed by atoms with Crippen molar-refractivity contribution in [2.45, 2.75) is 90.5 Å². The van der Waals surface area contributed by atoms with Gasteiger partial charge in [-0.25, -0.2) is 13.2 Å². The van der Waals surface area contributed by atoms with Crippen molar-refractivity contribution in [2.75, 3.05) is 11.3 Å². The number of carbonyl (C=O) groups excluding carboxylic acids is 1. The lowest BCUT2D eigenvalue weighted by Crippen LogP contribution is -2.44. The third-order valence-corrected chi connectivity index (χ3v) is 9.92. The van der Waals surface area contributed by atoms with Crippen molar-refractivity contribution in [2.24, 2.45) is 5.92 Å². The van der Waals surface area contributed by atoms with Crippen molar-refractivity contribution >= 4 is 39.1 Å². The molecule has 0 radical (unpaired) electrons. The van der Waals surface area contributed by atoms with Gasteiger partial charge in [-0.15, -0.1) is 11.3 Å². The molecule has 2 aromatic heterocycles. The molecule has 1 aromatic carbocycles. The molecule has 0 bridgehead atoms. The van der Waals surface area contributed by atoms with E-state index >= 15 is 0 Å². The number of aryl methyl sites for hydroxylation is 3. The lowest BCUT2D eigenvalue weighted by molar-refractivity contribution is -0.143. The van der Waals surface area contributed by atoms with Gasteiger partial charge in [-0.05, 0) is 75.6 Å². The maximum atomic E-state index is 13.5. The minimum absolute atomic E-state index is 0.175. The number of carboxylic acid groups (broad SMARTS) is 1. The quantitative estimate of drug-likeness (QED) is 0.166. The van der Waals surface area contributed by atoms with Crippen molar-refractivity contribution < 1.29 is 32.4 Å². The van der Waals surface area contributed by atoms with Crippen LogP contribution in [0.3, 0.4) is 0 Å². The Morgan fingerprint density at radius 2 is 1.83 bits per heavy atom. The van der Waals surface area contributed by atoms with E-state index in [1.165, 1.54) is 11.3 Å². The summed E-state index contributed by atoms with van der Waals surface area (Å²) in [5.74, 6) is -0.741. The highest BCUT2D eigenvalue weighted by molar-refractivity contribution is 7.94. The molecule has 3 N–H and O–H groups in total. The molecular weight excluding hydrogens is 578 g/mol. The maximum absolute atomic E-state index is 13.5. The molecule has 3 rings (SSSR count). The molecule has 230 valence electrons. The average molecular weight is 620 g/mol. The third-order valence-electron chi connectivity index (χ3n) is 6.99. The summed E-state index contributed by atoms with van der Waals surface area (Å²) in [6, 6.07) is 7.00. The number of nitrogens with zero attached hydrogens (tertiary/aromatic N) is 1. The number of unbranched alkanes of at least 4 members (excludes halogenated alkanes) is 2. The number of aliphatic carboxylic acids is 1. The number of benzene rings is 1. The molecule has 0 fully saturated rings. The first-order chi connectivity index (χ1) is 19.8. The van der Waals surface area contributed by atoms with Crippen LogP contribution in [0.1, 0.15) is 73.8 Å². The number of anilines is 1. The number of ether oxygens (including phenoxy) is 1. The van der Waals surface area contributed by atoms with Gasteiger partial charge in [0.25, 0.3) is 10.0 Å². The van der Waals surface area contributed by atoms with Gasteiger partial charge in [0.05, 0.1) is 6.61 Å². The largest absolute Gasteiger partial charge is 0.480 e. The normalized spacial score (nSPS) is 12.5. The summed E-state index contributed by atoms with van der Waals surface area (Å²) in [6.07, 6.45) is 3.39. The minimum Gasteiger partial charge on any atom is -0.480 e. The summed E-state index contributed by atoms with van der Waals surface area (Å²) < 4.78 is 40.6. The van der Waals surface area contributed by atoms with Crippen LogP contribution in [0.4, 0.5) is 5.82 Å². The second-order valence-electron chi connectivity index (χ2n) is 10.7. The highest BCUT2D eigenvalue weighted by Crippen LogP contribution is 2.38. The van der Waals surface area contributed by atoms with Crippen LogP contribution in [0.2, 0.25) is 0 Å². The molecule has 0 spiro atoms. The number of rotatable bonds is 16. The highest BCUT2D eigenvalue weighted by Gasteiger charge is 2.26. The fourth-order valence-electron chi connectivity index (χ4n) is 4.51. The second kappa shape index (κ2) is 14.8. The van der Waals surface area contributed by atoms with E-state index in [2.05, 4.69) is 21.3 Å². The highest BCUT2D eigenvalue weighted by atomic mass is 32.2. The summed E-state index contributed by atoms with van der Waals surface area (Å²) in [5.41, 5.74) is 4.02. The molecule has 0 aliphatic rings. The van der Waals surface area contributed by atoms with Crippen LogP contribution >= 0.6 is 11.3 Å². The van der Waals surface area contributed by atoms with Crippen molar-refractivity contribution in [3.8, 4) is 11.1 Å². The molecule has 10 nitrogen and oxygen atoms in total. The molecule has 0 saturated heterocycles. The van der Waals surface area contributed by atoms with E-state index in [1.807, 2.05) is 32.0 Å². The SMILES string of the molecule is CCOCc1cc(CCCCCC(=O)N[C@H](C(=O)O)C(C)C)ccc1-c1cc(C)sc1S(=O)(=O)Nc1noc(C)c1C. The van der Waals surface area contributed by atoms with Crippen LogP contribution in [0.5, 0.6) is 0 Å². The predicted octanol–water partition coefficient (Wildman–Crippen LogP) is 5.99. The van der Waals surface area contributed by atoms with Crippen molar-refractivity contribution in [3.63, 3.8) is 0 Å². The first-order valence-corrected chi connectivity index (χ1v) is 16.4. The molecule has 12 heteroatoms. The number of amides is 1. The van der Waals surface area contributed by atoms with Crippen LogP contribution in [0, 0.1) is 26.7 Å². The molecule has 42 heavy (non-hydrogen) atoms. The smallest absolute Gasteiger partial charge is 0.326 e. The molecule has 1 amide bonds. The lowest BCUT2D eigenvalue weighted by Gasteiger charge is -2.17. The van der Waals surface area contributed by atoms with E-state index < -0.39 is 22.0 Å². The third kappa shape index (κ3) is 8.65. The first-order valence-electron chi connectivity index (χ1n) is 14.1. The fraction of sp³-hybridized carbons (Fsp3) is 0.500. The Hall–Kier alpha value is -3.22. The van der Waals surface area contributed by atoms with Crippen molar-refractivity contribution in [1.29, 1.82) is 0 Å². The standard InChI is InChI=1S/C30H41N3O7S2/c1-7-39-17-23-16-22(11-9-8-10-12-26(34)31-27(18(2)3)29(35)36)13-14-24(23)25-15-19(4)41-30(25)42(37,38)33-28-20(5)21(6)40-32-28/h13-16,18,27H,7-12,17H2,1-6H3,(H,31,34)(H,32,33)(H,35,36)/t27-/m0/s1. The topological polar surface area (TPSA) is 148 Å². The van der Waals surface area contributed by atoms with Gasteiger partial charge in [-0.2, -0.15) is 0 Å². The number of hydrogen-bond acceptors (Lipinski definition) is 8. The number of hydrogen-bond donors (Lipinski definition) is 3. The number of carboxylic acids is 1. The molecular formula is C30H41N3O7S2. The lowest BCUT2D eigenvalue weighted by atomic mass is 9.97. The van der Waals surface area contributed by atoms with Gasteiger partial charge >= 0.3 is 5.97 Å². The summed E-state index contributed by atoms with van der Waals surface area (Å²) >= 11 is 1.20. The summed E-state index contributed by atoms with van der Waals surface area (Å²) in [5, 5.41) is 15.7. The summed E-state index contributed by atoms with van der Waals surface area (Å²) in [6.45, 7) is 11.6. The Balaban J connectivity index is 1.72. The monoisotopic (exact) mass is 619 g/mol. The van der Waals surface area contributed by atoms with Crippen LogP contribution in [0.15, 0.2) is 33.0 Å². The Morgan fingerprint density at radius 1 is 1.10 bits per heavy atom. The Labute approximate surface area is 251 Å². The van der Waals surface area contributed by atoms with Crippen molar-refractivity contribution in [1.82, 2.24) is 10.5 Å². The molecule has 0 unspecified atom stereocenters. The van der Waals surface area contributed by atoms with Gasteiger partial charge in [0.15, 0.2) is 5.82 Å². The van der Waals surface area contributed by atoms with E-state index in [4.69, 9.17) is 9.26 Å². The zero-order chi connectivity index (χ0) is 31.0. The van der Waals surface area contributed by atoms with Gasteiger partial charge in [0.1, 0.15) is 16.0 Å². The number of nitrogens with one attached hydrogen (secondary N) is 2. The second-order valence-corrected chi connectivity index (χ2v) is 13.8. The zero-order valence-electron chi connectivity index (χ0n) is 25.1. The number of aromatic nitrogens is 1. The van der Waals surface area contributed by atoms with E-state index in [9.17, 15) is 23.1 Å².